The fourth-order valence-electron chi connectivity index (χ4n) is 3.66. The van der Waals surface area contributed by atoms with E-state index < -0.39 is 11.7 Å². The van der Waals surface area contributed by atoms with Gasteiger partial charge in [0.15, 0.2) is 0 Å². The van der Waals surface area contributed by atoms with E-state index in [1.54, 1.807) is 11.9 Å². The molecule has 0 N–H and O–H groups in total. The zero-order chi connectivity index (χ0) is 18.6. The fourth-order valence-corrected chi connectivity index (χ4v) is 3.66. The monoisotopic (exact) mass is 356 g/mol. The Balaban J connectivity index is 2.18. The third kappa shape index (κ3) is 4.97. The molecule has 1 aromatic rings. The van der Waals surface area contributed by atoms with E-state index in [9.17, 15) is 18.0 Å². The summed E-state index contributed by atoms with van der Waals surface area (Å²) in [5.74, 6) is -0.217. The van der Waals surface area contributed by atoms with Crippen LogP contribution in [0.1, 0.15) is 54.4 Å². The molecule has 140 valence electrons. The van der Waals surface area contributed by atoms with Crippen LogP contribution >= 0.6 is 0 Å². The van der Waals surface area contributed by atoms with Gasteiger partial charge in [0.05, 0.1) is 5.56 Å². The number of halogens is 3. The van der Waals surface area contributed by atoms with Crippen LogP contribution in [-0.2, 0) is 6.18 Å². The highest BCUT2D eigenvalue weighted by Crippen LogP contribution is 2.30. The van der Waals surface area contributed by atoms with Crippen molar-refractivity contribution < 1.29 is 18.0 Å². The second-order valence-electron chi connectivity index (χ2n) is 7.08. The van der Waals surface area contributed by atoms with Crippen molar-refractivity contribution in [3.8, 4) is 0 Å². The minimum Gasteiger partial charge on any atom is -0.337 e. The molecular formula is C19H27F3N2O. The van der Waals surface area contributed by atoms with Crippen LogP contribution in [0.5, 0.6) is 0 Å². The Hall–Kier alpha value is -1.56. The molecule has 1 aromatic carbocycles. The molecule has 2 atom stereocenters. The van der Waals surface area contributed by atoms with Crippen LogP contribution in [-0.4, -0.2) is 48.9 Å². The molecule has 25 heavy (non-hydrogen) atoms. The average molecular weight is 356 g/mol. The molecule has 2 rings (SSSR count). The number of hydrogen-bond donors (Lipinski definition) is 0. The molecule has 0 radical (unpaired) electrons. The molecule has 0 aromatic heterocycles. The first-order valence-corrected chi connectivity index (χ1v) is 8.82. The Kier molecular flexibility index (Phi) is 6.49. The predicted molar refractivity (Wildman–Crippen MR) is 92.5 cm³/mol. The summed E-state index contributed by atoms with van der Waals surface area (Å²) in [5.41, 5.74) is -0.432. The SMILES string of the molecule is CN(C)[C@@H]1CCCCCC[C@H]1N(C)C(=O)c1ccc(C(F)(F)F)cc1. The molecule has 1 fully saturated rings. The van der Waals surface area contributed by atoms with Crippen LogP contribution in [0.15, 0.2) is 24.3 Å². The van der Waals surface area contributed by atoms with E-state index in [0.717, 1.165) is 37.8 Å². The van der Waals surface area contributed by atoms with Crippen molar-refractivity contribution in [2.75, 3.05) is 21.1 Å². The van der Waals surface area contributed by atoms with Crippen molar-refractivity contribution in [2.24, 2.45) is 0 Å². The minimum absolute atomic E-state index is 0.0742. The Morgan fingerprint density at radius 3 is 1.92 bits per heavy atom. The zero-order valence-electron chi connectivity index (χ0n) is 15.1. The molecule has 6 heteroatoms. The van der Waals surface area contributed by atoms with Gasteiger partial charge in [-0.15, -0.1) is 0 Å². The van der Waals surface area contributed by atoms with Crippen LogP contribution in [0.4, 0.5) is 13.2 Å². The molecule has 0 unspecified atom stereocenters. The number of benzene rings is 1. The number of carbonyl (C=O) groups is 1. The van der Waals surface area contributed by atoms with Gasteiger partial charge < -0.3 is 9.80 Å². The van der Waals surface area contributed by atoms with E-state index in [4.69, 9.17) is 0 Å². The van der Waals surface area contributed by atoms with Gasteiger partial charge in [-0.3, -0.25) is 4.79 Å². The van der Waals surface area contributed by atoms with E-state index in [1.807, 2.05) is 14.1 Å². The third-order valence-electron chi connectivity index (χ3n) is 5.13. The lowest BCUT2D eigenvalue weighted by atomic mass is 9.90. The largest absolute Gasteiger partial charge is 0.416 e. The molecule has 0 spiro atoms. The second-order valence-corrected chi connectivity index (χ2v) is 7.08. The van der Waals surface area contributed by atoms with Crippen LogP contribution in [0, 0.1) is 0 Å². The number of likely N-dealkylation sites (N-methyl/N-ethyl adjacent to an activating group) is 2. The molecule has 0 bridgehead atoms. The number of amides is 1. The van der Waals surface area contributed by atoms with E-state index in [-0.39, 0.29) is 18.0 Å². The van der Waals surface area contributed by atoms with E-state index in [1.165, 1.54) is 25.0 Å². The van der Waals surface area contributed by atoms with Crippen LogP contribution in [0.2, 0.25) is 0 Å². The summed E-state index contributed by atoms with van der Waals surface area (Å²) < 4.78 is 38.1. The Bertz CT molecular complexity index is 569. The highest BCUT2D eigenvalue weighted by molar-refractivity contribution is 5.94. The van der Waals surface area contributed by atoms with Crippen molar-refractivity contribution in [2.45, 2.75) is 56.8 Å². The van der Waals surface area contributed by atoms with Gasteiger partial charge in [0.25, 0.3) is 5.91 Å². The molecule has 1 aliphatic rings. The summed E-state index contributed by atoms with van der Waals surface area (Å²) in [6, 6.07) is 4.84. The van der Waals surface area contributed by atoms with Crippen molar-refractivity contribution in [1.29, 1.82) is 0 Å². The van der Waals surface area contributed by atoms with Crippen molar-refractivity contribution in [3.63, 3.8) is 0 Å². The van der Waals surface area contributed by atoms with Crippen molar-refractivity contribution in [1.82, 2.24) is 9.80 Å². The van der Waals surface area contributed by atoms with E-state index >= 15 is 0 Å². The standard InChI is InChI=1S/C19H27F3N2O/c1-23(2)16-8-6-4-5-7-9-17(16)24(3)18(25)14-10-12-15(13-11-14)19(20,21)22/h10-13,16-17H,4-9H2,1-3H3/t16-,17-/m1/s1. The summed E-state index contributed by atoms with van der Waals surface area (Å²) in [4.78, 5) is 16.7. The van der Waals surface area contributed by atoms with E-state index in [2.05, 4.69) is 4.90 Å². The maximum absolute atomic E-state index is 12.8. The lowest BCUT2D eigenvalue weighted by Gasteiger charge is -2.39. The average Bonchev–Trinajstić information content (AvgIpc) is 2.52. The van der Waals surface area contributed by atoms with Gasteiger partial charge in [0.2, 0.25) is 0 Å². The molecule has 1 saturated carbocycles. The number of carbonyl (C=O) groups excluding carboxylic acids is 1. The topological polar surface area (TPSA) is 23.6 Å². The number of hydrogen-bond acceptors (Lipinski definition) is 2. The van der Waals surface area contributed by atoms with Gasteiger partial charge in [0.1, 0.15) is 0 Å². The number of nitrogens with zero attached hydrogens (tertiary/aromatic N) is 2. The maximum Gasteiger partial charge on any atom is 0.416 e. The molecule has 0 aliphatic heterocycles. The zero-order valence-corrected chi connectivity index (χ0v) is 15.1. The first kappa shape index (κ1) is 19.8. The summed E-state index contributed by atoms with van der Waals surface area (Å²) in [6.07, 6.45) is 2.16. The molecule has 1 aliphatic carbocycles. The van der Waals surface area contributed by atoms with Crippen LogP contribution in [0.3, 0.4) is 0 Å². The Morgan fingerprint density at radius 2 is 1.44 bits per heavy atom. The first-order valence-electron chi connectivity index (χ1n) is 8.82. The predicted octanol–water partition coefficient (Wildman–Crippen LogP) is 4.43. The number of alkyl halides is 3. The first-order chi connectivity index (χ1) is 11.7. The third-order valence-corrected chi connectivity index (χ3v) is 5.13. The Labute approximate surface area is 147 Å². The number of rotatable bonds is 3. The second kappa shape index (κ2) is 8.21. The fraction of sp³-hybridized carbons (Fsp3) is 0.632. The highest BCUT2D eigenvalue weighted by atomic mass is 19.4. The summed E-state index contributed by atoms with van der Waals surface area (Å²) in [7, 11) is 5.81. The molecule has 0 saturated heterocycles. The summed E-state index contributed by atoms with van der Waals surface area (Å²) in [6.45, 7) is 0. The summed E-state index contributed by atoms with van der Waals surface area (Å²) in [5, 5.41) is 0. The van der Waals surface area contributed by atoms with Gasteiger partial charge >= 0.3 is 6.18 Å². The van der Waals surface area contributed by atoms with Crippen LogP contribution < -0.4 is 0 Å². The van der Waals surface area contributed by atoms with Crippen molar-refractivity contribution >= 4 is 5.91 Å². The molecule has 1 amide bonds. The van der Waals surface area contributed by atoms with Gasteiger partial charge in [-0.1, -0.05) is 25.7 Å². The van der Waals surface area contributed by atoms with Crippen molar-refractivity contribution in [3.05, 3.63) is 35.4 Å². The minimum atomic E-state index is -4.39. The lowest BCUT2D eigenvalue weighted by molar-refractivity contribution is -0.137. The van der Waals surface area contributed by atoms with Crippen LogP contribution in [0.25, 0.3) is 0 Å². The van der Waals surface area contributed by atoms with Gasteiger partial charge in [0, 0.05) is 24.7 Å². The van der Waals surface area contributed by atoms with Gasteiger partial charge in [-0.2, -0.15) is 13.2 Å². The molecular weight excluding hydrogens is 329 g/mol. The normalized spacial score (nSPS) is 22.4. The highest BCUT2D eigenvalue weighted by Gasteiger charge is 2.32. The Morgan fingerprint density at radius 1 is 0.920 bits per heavy atom. The molecule has 3 nitrogen and oxygen atoms in total. The molecule has 0 heterocycles. The van der Waals surface area contributed by atoms with E-state index in [0.29, 0.717) is 5.56 Å². The maximum atomic E-state index is 12.8. The quantitative estimate of drug-likeness (QED) is 0.800. The lowest BCUT2D eigenvalue weighted by Crippen LogP contribution is -2.50. The van der Waals surface area contributed by atoms with Gasteiger partial charge in [-0.05, 0) is 51.2 Å². The summed E-state index contributed by atoms with van der Waals surface area (Å²) >= 11 is 0. The van der Waals surface area contributed by atoms with Gasteiger partial charge in [-0.25, -0.2) is 0 Å². The smallest absolute Gasteiger partial charge is 0.337 e.